The topological polar surface area (TPSA) is 26.0 Å². The van der Waals surface area contributed by atoms with Gasteiger partial charge in [-0.05, 0) is 31.5 Å². The minimum absolute atomic E-state index is 0.705. The van der Waals surface area contributed by atoms with Crippen LogP contribution in [0, 0.1) is 6.92 Å². The molecule has 1 nitrogen and oxygen atoms in total. The average molecular weight is 176 g/mol. The number of rotatable bonds is 2. The van der Waals surface area contributed by atoms with Gasteiger partial charge in [-0.3, -0.25) is 0 Å². The van der Waals surface area contributed by atoms with Gasteiger partial charge in [0.2, 0.25) is 0 Å². The van der Waals surface area contributed by atoms with Gasteiger partial charge in [-0.25, -0.2) is 0 Å². The standard InChI is InChI=1S/C7H10ClNS/c1-5-4-6(2-3-9)10-7(5)8/h4H,2-3,9H2,1H3. The lowest BCUT2D eigenvalue weighted by Gasteiger charge is -1.86. The molecule has 0 fully saturated rings. The molecule has 0 unspecified atom stereocenters. The molecule has 0 aliphatic heterocycles. The molecule has 0 aliphatic rings. The summed E-state index contributed by atoms with van der Waals surface area (Å²) in [6, 6.07) is 2.10. The van der Waals surface area contributed by atoms with Gasteiger partial charge in [0.05, 0.1) is 4.34 Å². The second-order valence-corrected chi connectivity index (χ2v) is 3.95. The fourth-order valence-corrected chi connectivity index (χ4v) is 2.05. The van der Waals surface area contributed by atoms with Gasteiger partial charge in [-0.15, -0.1) is 11.3 Å². The van der Waals surface area contributed by atoms with Crippen LogP contribution in [0.25, 0.3) is 0 Å². The number of thiophene rings is 1. The molecule has 0 spiro atoms. The number of nitrogens with two attached hydrogens (primary N) is 1. The summed E-state index contributed by atoms with van der Waals surface area (Å²) in [7, 11) is 0. The number of halogens is 1. The van der Waals surface area contributed by atoms with Gasteiger partial charge in [0.25, 0.3) is 0 Å². The molecule has 1 heterocycles. The van der Waals surface area contributed by atoms with Crippen LogP contribution in [-0.2, 0) is 6.42 Å². The third-order valence-corrected chi connectivity index (χ3v) is 2.91. The lowest BCUT2D eigenvalue weighted by molar-refractivity contribution is 0.988. The minimum Gasteiger partial charge on any atom is -0.330 e. The normalized spacial score (nSPS) is 10.3. The van der Waals surface area contributed by atoms with Gasteiger partial charge in [0.1, 0.15) is 0 Å². The maximum Gasteiger partial charge on any atom is 0.0960 e. The lowest BCUT2D eigenvalue weighted by atomic mass is 10.3. The van der Waals surface area contributed by atoms with E-state index in [4.69, 9.17) is 17.3 Å². The van der Waals surface area contributed by atoms with Crippen molar-refractivity contribution in [1.82, 2.24) is 0 Å². The Morgan fingerprint density at radius 3 is 2.80 bits per heavy atom. The first-order valence-corrected chi connectivity index (χ1v) is 4.38. The molecule has 0 saturated heterocycles. The van der Waals surface area contributed by atoms with Crippen molar-refractivity contribution in [3.05, 3.63) is 20.8 Å². The maximum atomic E-state index is 5.84. The third-order valence-electron chi connectivity index (χ3n) is 1.30. The predicted molar refractivity (Wildman–Crippen MR) is 46.8 cm³/mol. The summed E-state index contributed by atoms with van der Waals surface area (Å²) in [4.78, 5) is 1.28. The Bertz CT molecular complexity index is 200. The summed E-state index contributed by atoms with van der Waals surface area (Å²) in [5.41, 5.74) is 6.55. The number of hydrogen-bond donors (Lipinski definition) is 1. The van der Waals surface area contributed by atoms with Crippen molar-refractivity contribution in [2.24, 2.45) is 5.73 Å². The van der Waals surface area contributed by atoms with Gasteiger partial charge < -0.3 is 5.73 Å². The van der Waals surface area contributed by atoms with E-state index < -0.39 is 0 Å². The van der Waals surface area contributed by atoms with Crippen molar-refractivity contribution in [1.29, 1.82) is 0 Å². The van der Waals surface area contributed by atoms with E-state index >= 15 is 0 Å². The maximum absolute atomic E-state index is 5.84. The molecule has 56 valence electrons. The summed E-state index contributed by atoms with van der Waals surface area (Å²) in [5, 5.41) is 0. The number of aryl methyl sites for hydroxylation is 1. The first-order chi connectivity index (χ1) is 4.74. The Balaban J connectivity index is 2.77. The molecule has 0 atom stereocenters. The van der Waals surface area contributed by atoms with Crippen LogP contribution in [0.5, 0.6) is 0 Å². The van der Waals surface area contributed by atoms with E-state index in [0.29, 0.717) is 6.54 Å². The summed E-state index contributed by atoms with van der Waals surface area (Å²) in [6.07, 6.45) is 0.943. The van der Waals surface area contributed by atoms with Crippen molar-refractivity contribution < 1.29 is 0 Å². The van der Waals surface area contributed by atoms with Crippen molar-refractivity contribution >= 4 is 22.9 Å². The summed E-state index contributed by atoms with van der Waals surface area (Å²) in [6.45, 7) is 2.72. The second-order valence-electron chi connectivity index (χ2n) is 2.21. The van der Waals surface area contributed by atoms with E-state index in [-0.39, 0.29) is 0 Å². The monoisotopic (exact) mass is 175 g/mol. The van der Waals surface area contributed by atoms with E-state index in [1.54, 1.807) is 11.3 Å². The van der Waals surface area contributed by atoms with Crippen molar-refractivity contribution in [2.75, 3.05) is 6.54 Å². The SMILES string of the molecule is Cc1cc(CCN)sc1Cl. The van der Waals surface area contributed by atoms with E-state index in [9.17, 15) is 0 Å². The number of hydrogen-bond acceptors (Lipinski definition) is 2. The molecular weight excluding hydrogens is 166 g/mol. The fraction of sp³-hybridized carbons (Fsp3) is 0.429. The molecule has 10 heavy (non-hydrogen) atoms. The Hall–Kier alpha value is -0.0500. The first-order valence-electron chi connectivity index (χ1n) is 3.19. The van der Waals surface area contributed by atoms with Crippen molar-refractivity contribution in [2.45, 2.75) is 13.3 Å². The smallest absolute Gasteiger partial charge is 0.0960 e. The zero-order valence-electron chi connectivity index (χ0n) is 5.86. The molecule has 1 aromatic heterocycles. The lowest BCUT2D eigenvalue weighted by Crippen LogP contribution is -2.00. The summed E-state index contributed by atoms with van der Waals surface area (Å²) in [5.74, 6) is 0. The zero-order valence-corrected chi connectivity index (χ0v) is 7.43. The van der Waals surface area contributed by atoms with Crippen LogP contribution in [0.2, 0.25) is 4.34 Å². The van der Waals surface area contributed by atoms with E-state index in [2.05, 4.69) is 6.07 Å². The van der Waals surface area contributed by atoms with Gasteiger partial charge >= 0.3 is 0 Å². The van der Waals surface area contributed by atoms with E-state index in [1.807, 2.05) is 6.92 Å². The highest BCUT2D eigenvalue weighted by atomic mass is 35.5. The molecule has 0 aliphatic carbocycles. The molecule has 3 heteroatoms. The van der Waals surface area contributed by atoms with Gasteiger partial charge in [-0.1, -0.05) is 11.6 Å². The molecule has 2 N–H and O–H groups in total. The molecular formula is C7H10ClNS. The Labute approximate surface area is 69.8 Å². The minimum atomic E-state index is 0.705. The van der Waals surface area contributed by atoms with E-state index in [0.717, 1.165) is 16.3 Å². The third kappa shape index (κ3) is 1.72. The molecule has 0 aromatic carbocycles. The Morgan fingerprint density at radius 2 is 2.40 bits per heavy atom. The molecule has 0 bridgehead atoms. The van der Waals surface area contributed by atoms with Crippen LogP contribution in [0.3, 0.4) is 0 Å². The van der Waals surface area contributed by atoms with Gasteiger partial charge in [0.15, 0.2) is 0 Å². The van der Waals surface area contributed by atoms with Crippen molar-refractivity contribution in [3.63, 3.8) is 0 Å². The molecule has 0 saturated carbocycles. The fourth-order valence-electron chi connectivity index (χ4n) is 0.789. The van der Waals surface area contributed by atoms with Crippen LogP contribution < -0.4 is 5.73 Å². The molecule has 0 radical (unpaired) electrons. The Kier molecular flexibility index (Phi) is 2.72. The predicted octanol–water partition coefficient (Wildman–Crippen LogP) is 2.21. The summed E-state index contributed by atoms with van der Waals surface area (Å²) < 4.78 is 0.892. The second kappa shape index (κ2) is 3.37. The van der Waals surface area contributed by atoms with Gasteiger partial charge in [-0.2, -0.15) is 0 Å². The van der Waals surface area contributed by atoms with Crippen LogP contribution in [0.15, 0.2) is 6.07 Å². The van der Waals surface area contributed by atoms with Crippen LogP contribution in [0.4, 0.5) is 0 Å². The quantitative estimate of drug-likeness (QED) is 0.733. The van der Waals surface area contributed by atoms with Crippen LogP contribution in [-0.4, -0.2) is 6.54 Å². The molecule has 0 amide bonds. The van der Waals surface area contributed by atoms with Crippen molar-refractivity contribution in [3.8, 4) is 0 Å². The highest BCUT2D eigenvalue weighted by Gasteiger charge is 2.00. The zero-order chi connectivity index (χ0) is 7.56. The Morgan fingerprint density at radius 1 is 1.70 bits per heavy atom. The summed E-state index contributed by atoms with van der Waals surface area (Å²) >= 11 is 7.47. The highest BCUT2D eigenvalue weighted by Crippen LogP contribution is 2.26. The first kappa shape index (κ1) is 8.05. The van der Waals surface area contributed by atoms with Crippen LogP contribution >= 0.6 is 22.9 Å². The largest absolute Gasteiger partial charge is 0.330 e. The van der Waals surface area contributed by atoms with Gasteiger partial charge in [0, 0.05) is 4.88 Å². The molecule has 1 rings (SSSR count). The van der Waals surface area contributed by atoms with Crippen LogP contribution in [0.1, 0.15) is 10.4 Å². The average Bonchev–Trinajstić information content (AvgIpc) is 2.14. The molecule has 1 aromatic rings. The highest BCUT2D eigenvalue weighted by molar-refractivity contribution is 7.16. The van der Waals surface area contributed by atoms with E-state index in [1.165, 1.54) is 4.88 Å².